The largest absolute Gasteiger partial charge is 0.478 e. The van der Waals surface area contributed by atoms with Gasteiger partial charge in [0.2, 0.25) is 0 Å². The topological polar surface area (TPSA) is 121 Å². The summed E-state index contributed by atoms with van der Waals surface area (Å²) in [5, 5.41) is 11.3. The minimum Gasteiger partial charge on any atom is -0.478 e. The maximum absolute atomic E-state index is 12.9. The molecule has 0 spiro atoms. The van der Waals surface area contributed by atoms with Crippen molar-refractivity contribution >= 4 is 22.9 Å². The molecule has 0 aliphatic heterocycles. The molecule has 10 heteroatoms. The molecular weight excluding hydrogens is 336 g/mol. The molecule has 0 atom stereocenters. The number of carboxylic acid groups (broad SMARTS) is 1. The first-order valence-corrected chi connectivity index (χ1v) is 7.04. The Bertz CT molecular complexity index is 957. The lowest BCUT2D eigenvalue weighted by Gasteiger charge is -2.08. The lowest BCUT2D eigenvalue weighted by atomic mass is 10.2. The van der Waals surface area contributed by atoms with E-state index in [0.717, 1.165) is 6.20 Å². The molecule has 0 aliphatic carbocycles. The SMILES string of the molecule is O=C(NCc1ncc(C(=O)O)c(C(F)F)n1)c1cnc2cc[nH]c2c1. The van der Waals surface area contributed by atoms with Gasteiger partial charge in [-0.1, -0.05) is 0 Å². The van der Waals surface area contributed by atoms with Gasteiger partial charge >= 0.3 is 5.97 Å². The van der Waals surface area contributed by atoms with Gasteiger partial charge in [-0.2, -0.15) is 0 Å². The molecule has 8 nitrogen and oxygen atoms in total. The third kappa shape index (κ3) is 3.42. The highest BCUT2D eigenvalue weighted by Gasteiger charge is 2.21. The smallest absolute Gasteiger partial charge is 0.339 e. The van der Waals surface area contributed by atoms with Crippen molar-refractivity contribution < 1.29 is 23.5 Å². The number of H-pyrrole nitrogens is 1. The Morgan fingerprint density at radius 3 is 2.80 bits per heavy atom. The van der Waals surface area contributed by atoms with Crippen molar-refractivity contribution in [2.45, 2.75) is 13.0 Å². The van der Waals surface area contributed by atoms with Gasteiger partial charge in [0.05, 0.1) is 23.1 Å². The van der Waals surface area contributed by atoms with E-state index in [9.17, 15) is 18.4 Å². The number of nitrogens with one attached hydrogen (secondary N) is 2. The van der Waals surface area contributed by atoms with Crippen LogP contribution in [0.25, 0.3) is 11.0 Å². The van der Waals surface area contributed by atoms with Crippen LogP contribution in [-0.2, 0) is 6.54 Å². The van der Waals surface area contributed by atoms with Crippen molar-refractivity contribution in [2.24, 2.45) is 0 Å². The minimum atomic E-state index is -3.07. The number of alkyl halides is 2. The number of aromatic carboxylic acids is 1. The number of amides is 1. The zero-order valence-electron chi connectivity index (χ0n) is 12.5. The third-order valence-corrected chi connectivity index (χ3v) is 3.37. The van der Waals surface area contributed by atoms with Gasteiger partial charge in [0.1, 0.15) is 17.1 Å². The fourth-order valence-corrected chi connectivity index (χ4v) is 2.17. The maximum atomic E-state index is 12.9. The normalized spacial score (nSPS) is 11.0. The molecule has 0 radical (unpaired) electrons. The molecule has 3 N–H and O–H groups in total. The molecule has 0 saturated carbocycles. The van der Waals surface area contributed by atoms with Gasteiger partial charge in [0.15, 0.2) is 0 Å². The summed E-state index contributed by atoms with van der Waals surface area (Å²) in [6, 6.07) is 3.34. The lowest BCUT2D eigenvalue weighted by molar-refractivity contribution is 0.0680. The molecule has 3 aromatic rings. The monoisotopic (exact) mass is 347 g/mol. The summed E-state index contributed by atoms with van der Waals surface area (Å²) in [5.41, 5.74) is 0.0827. The highest BCUT2D eigenvalue weighted by atomic mass is 19.3. The van der Waals surface area contributed by atoms with Crippen LogP contribution < -0.4 is 5.32 Å². The summed E-state index contributed by atoms with van der Waals surface area (Å²) in [5.74, 6) is -2.16. The number of nitrogens with zero attached hydrogens (tertiary/aromatic N) is 3. The number of hydrogen-bond donors (Lipinski definition) is 3. The van der Waals surface area contributed by atoms with Gasteiger partial charge in [-0.15, -0.1) is 0 Å². The Morgan fingerprint density at radius 1 is 1.28 bits per heavy atom. The van der Waals surface area contributed by atoms with Crippen LogP contribution >= 0.6 is 0 Å². The van der Waals surface area contributed by atoms with E-state index in [0.29, 0.717) is 11.0 Å². The van der Waals surface area contributed by atoms with Crippen LogP contribution in [0.5, 0.6) is 0 Å². The molecule has 1 amide bonds. The summed E-state index contributed by atoms with van der Waals surface area (Å²) >= 11 is 0. The molecule has 3 aromatic heterocycles. The van der Waals surface area contributed by atoms with Gasteiger partial charge in [0, 0.05) is 18.6 Å². The maximum Gasteiger partial charge on any atom is 0.339 e. The second-order valence-corrected chi connectivity index (χ2v) is 5.01. The fraction of sp³-hybridized carbons (Fsp3) is 0.133. The number of hydrogen-bond acceptors (Lipinski definition) is 5. The fourth-order valence-electron chi connectivity index (χ4n) is 2.17. The first kappa shape index (κ1) is 16.4. The van der Waals surface area contributed by atoms with E-state index in [-0.39, 0.29) is 17.9 Å². The standard InChI is InChI=1S/C15H11F2N5O3/c16-13(17)12-8(15(24)25)5-20-11(22-12)6-21-14(23)7-3-10-9(19-4-7)1-2-18-10/h1-5,13,18H,6H2,(H,21,23)(H,24,25). The van der Waals surface area contributed by atoms with Crippen LogP contribution in [0.15, 0.2) is 30.7 Å². The van der Waals surface area contributed by atoms with Crippen LogP contribution in [0, 0.1) is 0 Å². The number of rotatable bonds is 5. The quantitative estimate of drug-likeness (QED) is 0.648. The number of halogens is 2. The first-order chi connectivity index (χ1) is 12.0. The molecule has 0 aromatic carbocycles. The van der Waals surface area contributed by atoms with Crippen LogP contribution in [-0.4, -0.2) is 36.9 Å². The third-order valence-electron chi connectivity index (χ3n) is 3.37. The number of pyridine rings is 1. The van der Waals surface area contributed by atoms with Crippen molar-refractivity contribution in [3.8, 4) is 0 Å². The summed E-state index contributed by atoms with van der Waals surface area (Å²) < 4.78 is 25.8. The Kier molecular flexibility index (Phi) is 4.33. The van der Waals surface area contributed by atoms with Gasteiger partial charge in [0.25, 0.3) is 12.3 Å². The van der Waals surface area contributed by atoms with E-state index in [1.165, 1.54) is 6.20 Å². The molecule has 25 heavy (non-hydrogen) atoms. The Balaban J connectivity index is 1.75. The van der Waals surface area contributed by atoms with Crippen LogP contribution in [0.3, 0.4) is 0 Å². The second-order valence-electron chi connectivity index (χ2n) is 5.01. The summed E-state index contributed by atoms with van der Waals surface area (Å²) in [7, 11) is 0. The first-order valence-electron chi connectivity index (χ1n) is 7.04. The van der Waals surface area contributed by atoms with E-state index in [1.807, 2.05) is 0 Å². The molecule has 0 unspecified atom stereocenters. The summed E-state index contributed by atoms with van der Waals surface area (Å²) in [6.07, 6.45) is 0.793. The Morgan fingerprint density at radius 2 is 2.08 bits per heavy atom. The number of carbonyl (C=O) groups excluding carboxylic acids is 1. The molecule has 3 rings (SSSR count). The van der Waals surface area contributed by atoms with E-state index >= 15 is 0 Å². The summed E-state index contributed by atoms with van der Waals surface area (Å²) in [6.45, 7) is -0.235. The zero-order chi connectivity index (χ0) is 18.0. The lowest BCUT2D eigenvalue weighted by Crippen LogP contribution is -2.24. The van der Waals surface area contributed by atoms with Gasteiger partial charge in [-0.3, -0.25) is 9.78 Å². The van der Waals surface area contributed by atoms with E-state index in [4.69, 9.17) is 5.11 Å². The van der Waals surface area contributed by atoms with Crippen molar-refractivity contribution in [3.05, 3.63) is 53.4 Å². The molecular formula is C15H11F2N5O3. The molecule has 128 valence electrons. The van der Waals surface area contributed by atoms with Crippen molar-refractivity contribution in [1.82, 2.24) is 25.3 Å². The molecule has 0 fully saturated rings. The van der Waals surface area contributed by atoms with Crippen molar-refractivity contribution in [3.63, 3.8) is 0 Å². The van der Waals surface area contributed by atoms with Crippen LogP contribution in [0.4, 0.5) is 8.78 Å². The number of carbonyl (C=O) groups is 2. The van der Waals surface area contributed by atoms with E-state index in [1.54, 1.807) is 18.3 Å². The average molecular weight is 347 g/mol. The van der Waals surface area contributed by atoms with Crippen LogP contribution in [0.1, 0.15) is 38.7 Å². The van der Waals surface area contributed by atoms with Gasteiger partial charge < -0.3 is 15.4 Å². The van der Waals surface area contributed by atoms with E-state index < -0.39 is 29.6 Å². The van der Waals surface area contributed by atoms with Gasteiger partial charge in [-0.05, 0) is 12.1 Å². The van der Waals surface area contributed by atoms with Crippen LogP contribution in [0.2, 0.25) is 0 Å². The highest BCUT2D eigenvalue weighted by Crippen LogP contribution is 2.20. The molecule has 0 aliphatic rings. The zero-order valence-corrected chi connectivity index (χ0v) is 12.5. The molecule has 3 heterocycles. The minimum absolute atomic E-state index is 0.123. The average Bonchev–Trinajstić information content (AvgIpc) is 3.06. The van der Waals surface area contributed by atoms with E-state index in [2.05, 4.69) is 25.3 Å². The second kappa shape index (κ2) is 6.59. The Labute approximate surface area is 138 Å². The number of fused-ring (bicyclic) bond motifs is 1. The highest BCUT2D eigenvalue weighted by molar-refractivity contribution is 5.96. The van der Waals surface area contributed by atoms with Gasteiger partial charge in [-0.25, -0.2) is 23.5 Å². The predicted molar refractivity (Wildman–Crippen MR) is 81.2 cm³/mol. The number of aromatic nitrogens is 4. The predicted octanol–water partition coefficient (Wildman–Crippen LogP) is 1.92. The molecule has 0 saturated heterocycles. The number of carboxylic acids is 1. The van der Waals surface area contributed by atoms with Crippen molar-refractivity contribution in [1.29, 1.82) is 0 Å². The Hall–Kier alpha value is -3.43. The molecule has 0 bridgehead atoms. The number of aromatic amines is 1. The summed E-state index contributed by atoms with van der Waals surface area (Å²) in [4.78, 5) is 37.2. The van der Waals surface area contributed by atoms with Crippen molar-refractivity contribution in [2.75, 3.05) is 0 Å².